The van der Waals surface area contributed by atoms with Gasteiger partial charge >= 0.3 is 0 Å². The topological polar surface area (TPSA) is 75.6 Å². The van der Waals surface area contributed by atoms with Gasteiger partial charge in [0.25, 0.3) is 5.91 Å². The van der Waals surface area contributed by atoms with Crippen LogP contribution in [0.2, 0.25) is 0 Å². The second kappa shape index (κ2) is 12.7. The third-order valence-electron chi connectivity index (χ3n) is 5.93. The standard InChI is InChI=1S/C31H24BrFN4O2S/c1-20-6-13-26(14-7-20)35-31-36-28(19-40-31)21-8-10-22(11-9-21)30(38)37-34-17-24-16-25(32)12-15-29(24)39-18-23-4-2-3-5-27(23)33/h2-17,19H,18H2,1H3,(H,35,36)(H,37,38)/b34-17-. The molecule has 0 unspecified atom stereocenters. The van der Waals surface area contributed by atoms with Crippen molar-refractivity contribution in [3.63, 3.8) is 0 Å². The Bertz CT molecular complexity index is 1650. The predicted molar refractivity (Wildman–Crippen MR) is 162 cm³/mol. The Morgan fingerprint density at radius 3 is 2.60 bits per heavy atom. The zero-order valence-electron chi connectivity index (χ0n) is 21.4. The van der Waals surface area contributed by atoms with E-state index >= 15 is 0 Å². The first kappa shape index (κ1) is 27.2. The zero-order valence-corrected chi connectivity index (χ0v) is 23.8. The summed E-state index contributed by atoms with van der Waals surface area (Å²) in [6, 6.07) is 27.1. The van der Waals surface area contributed by atoms with E-state index in [0.29, 0.717) is 22.4 Å². The number of rotatable bonds is 9. The molecule has 5 rings (SSSR count). The summed E-state index contributed by atoms with van der Waals surface area (Å²) in [6.07, 6.45) is 1.49. The van der Waals surface area contributed by atoms with Gasteiger partial charge in [0, 0.05) is 37.8 Å². The Morgan fingerprint density at radius 2 is 1.82 bits per heavy atom. The minimum Gasteiger partial charge on any atom is -0.488 e. The van der Waals surface area contributed by atoms with E-state index < -0.39 is 0 Å². The quantitative estimate of drug-likeness (QED) is 0.130. The highest BCUT2D eigenvalue weighted by molar-refractivity contribution is 9.10. The van der Waals surface area contributed by atoms with Crippen molar-refractivity contribution in [2.45, 2.75) is 13.5 Å². The van der Waals surface area contributed by atoms with Crippen molar-refractivity contribution < 1.29 is 13.9 Å². The fourth-order valence-electron chi connectivity index (χ4n) is 3.76. The van der Waals surface area contributed by atoms with Crippen molar-refractivity contribution in [1.82, 2.24) is 10.4 Å². The van der Waals surface area contributed by atoms with Crippen molar-refractivity contribution in [2.75, 3.05) is 5.32 Å². The predicted octanol–water partition coefficient (Wildman–Crippen LogP) is 8.11. The number of hydrogen-bond donors (Lipinski definition) is 2. The van der Waals surface area contributed by atoms with E-state index in [-0.39, 0.29) is 18.3 Å². The van der Waals surface area contributed by atoms with Crippen LogP contribution in [0.25, 0.3) is 11.3 Å². The highest BCUT2D eigenvalue weighted by Gasteiger charge is 2.10. The molecule has 4 aromatic carbocycles. The number of aromatic nitrogens is 1. The van der Waals surface area contributed by atoms with Crippen LogP contribution in [0.15, 0.2) is 106 Å². The number of hydrogen-bond acceptors (Lipinski definition) is 6. The summed E-state index contributed by atoms with van der Waals surface area (Å²) in [5, 5.41) is 10.2. The van der Waals surface area contributed by atoms with Gasteiger partial charge in [-0.3, -0.25) is 4.79 Å². The Hall–Kier alpha value is -4.34. The summed E-state index contributed by atoms with van der Waals surface area (Å²) in [4.78, 5) is 17.3. The maximum Gasteiger partial charge on any atom is 0.271 e. The van der Waals surface area contributed by atoms with Gasteiger partial charge in [-0.2, -0.15) is 5.10 Å². The Morgan fingerprint density at radius 1 is 1.05 bits per heavy atom. The van der Waals surface area contributed by atoms with Gasteiger partial charge in [-0.1, -0.05) is 64.0 Å². The lowest BCUT2D eigenvalue weighted by atomic mass is 10.1. The molecule has 0 bridgehead atoms. The van der Waals surface area contributed by atoms with Crippen LogP contribution < -0.4 is 15.5 Å². The van der Waals surface area contributed by atoms with Crippen LogP contribution in [0.5, 0.6) is 5.75 Å². The van der Waals surface area contributed by atoms with E-state index in [0.717, 1.165) is 26.5 Å². The lowest BCUT2D eigenvalue weighted by Crippen LogP contribution is -2.17. The smallest absolute Gasteiger partial charge is 0.271 e. The van der Waals surface area contributed by atoms with Crippen LogP contribution in [0.3, 0.4) is 0 Å². The first-order valence-corrected chi connectivity index (χ1v) is 14.0. The van der Waals surface area contributed by atoms with Gasteiger partial charge in [-0.25, -0.2) is 14.8 Å². The third-order valence-corrected chi connectivity index (χ3v) is 7.18. The molecular weight excluding hydrogens is 591 g/mol. The molecule has 9 heteroatoms. The van der Waals surface area contributed by atoms with Crippen LogP contribution in [-0.2, 0) is 6.61 Å². The Balaban J connectivity index is 1.20. The first-order chi connectivity index (χ1) is 19.4. The molecule has 0 saturated heterocycles. The summed E-state index contributed by atoms with van der Waals surface area (Å²) in [5.74, 6) is -0.179. The molecule has 0 aliphatic rings. The zero-order chi connectivity index (χ0) is 27.9. The summed E-state index contributed by atoms with van der Waals surface area (Å²) in [7, 11) is 0. The van der Waals surface area contributed by atoms with Gasteiger partial charge in [0.15, 0.2) is 5.13 Å². The molecule has 0 radical (unpaired) electrons. The summed E-state index contributed by atoms with van der Waals surface area (Å²) < 4.78 is 20.6. The molecule has 0 aliphatic carbocycles. The fraction of sp³-hybridized carbons (Fsp3) is 0.0645. The number of nitrogens with one attached hydrogen (secondary N) is 2. The van der Waals surface area contributed by atoms with Crippen LogP contribution in [-0.4, -0.2) is 17.1 Å². The first-order valence-electron chi connectivity index (χ1n) is 12.3. The molecular formula is C31H24BrFN4O2S. The highest BCUT2D eigenvalue weighted by atomic mass is 79.9. The van der Waals surface area contributed by atoms with Crippen molar-refractivity contribution in [1.29, 1.82) is 0 Å². The average Bonchev–Trinajstić information content (AvgIpc) is 3.43. The number of amides is 1. The molecule has 0 atom stereocenters. The summed E-state index contributed by atoms with van der Waals surface area (Å²) >= 11 is 4.95. The van der Waals surface area contributed by atoms with Crippen LogP contribution in [0.4, 0.5) is 15.2 Å². The van der Waals surface area contributed by atoms with E-state index in [1.807, 2.05) is 54.8 Å². The van der Waals surface area contributed by atoms with Crippen molar-refractivity contribution in [3.8, 4) is 17.0 Å². The highest BCUT2D eigenvalue weighted by Crippen LogP contribution is 2.28. The number of thiazole rings is 1. The summed E-state index contributed by atoms with van der Waals surface area (Å²) in [5.41, 5.74) is 7.97. The number of hydrazone groups is 1. The molecule has 5 aromatic rings. The molecule has 0 spiro atoms. The second-order valence-corrected chi connectivity index (χ2v) is 10.6. The maximum atomic E-state index is 14.0. The normalized spacial score (nSPS) is 11.0. The molecule has 200 valence electrons. The molecule has 6 nitrogen and oxygen atoms in total. The Kier molecular flexibility index (Phi) is 8.63. The molecule has 1 amide bonds. The van der Waals surface area contributed by atoms with Gasteiger partial charge in [-0.05, 0) is 55.5 Å². The Labute approximate surface area is 243 Å². The van der Waals surface area contributed by atoms with Crippen molar-refractivity contribution >= 4 is 50.2 Å². The lowest BCUT2D eigenvalue weighted by Gasteiger charge is -2.10. The van der Waals surface area contributed by atoms with Gasteiger partial charge in [-0.15, -0.1) is 11.3 Å². The number of anilines is 2. The lowest BCUT2D eigenvalue weighted by molar-refractivity contribution is 0.0955. The number of ether oxygens (including phenoxy) is 1. The van der Waals surface area contributed by atoms with E-state index in [9.17, 15) is 9.18 Å². The van der Waals surface area contributed by atoms with Gasteiger partial charge < -0.3 is 10.1 Å². The number of carbonyl (C=O) groups is 1. The molecule has 1 heterocycles. The fourth-order valence-corrected chi connectivity index (χ4v) is 4.88. The van der Waals surface area contributed by atoms with Crippen molar-refractivity contribution in [3.05, 3.63) is 129 Å². The van der Waals surface area contributed by atoms with Crippen LogP contribution >= 0.6 is 27.3 Å². The second-order valence-electron chi connectivity index (χ2n) is 8.87. The monoisotopic (exact) mass is 614 g/mol. The minimum atomic E-state index is -0.355. The molecule has 0 saturated carbocycles. The maximum absolute atomic E-state index is 14.0. The molecule has 0 aliphatic heterocycles. The van der Waals surface area contributed by atoms with Crippen molar-refractivity contribution in [2.24, 2.45) is 5.10 Å². The van der Waals surface area contributed by atoms with Gasteiger partial charge in [0.05, 0.1) is 11.9 Å². The van der Waals surface area contributed by atoms with Gasteiger partial charge in [0.2, 0.25) is 0 Å². The molecule has 1 aromatic heterocycles. The number of halogens is 2. The SMILES string of the molecule is Cc1ccc(Nc2nc(-c3ccc(C(=O)N/N=C\c4cc(Br)ccc4OCc4ccccc4F)cc3)cs2)cc1. The van der Waals surface area contributed by atoms with E-state index in [4.69, 9.17) is 4.74 Å². The van der Waals surface area contributed by atoms with Crippen LogP contribution in [0.1, 0.15) is 27.0 Å². The molecule has 40 heavy (non-hydrogen) atoms. The van der Waals surface area contributed by atoms with E-state index in [1.54, 1.807) is 42.5 Å². The average molecular weight is 616 g/mol. The third kappa shape index (κ3) is 6.99. The van der Waals surface area contributed by atoms with E-state index in [1.165, 1.54) is 29.2 Å². The largest absolute Gasteiger partial charge is 0.488 e. The minimum absolute atomic E-state index is 0.0658. The number of aryl methyl sites for hydroxylation is 1. The number of carbonyl (C=O) groups excluding carboxylic acids is 1. The number of nitrogens with zero attached hydrogens (tertiary/aromatic N) is 2. The number of benzene rings is 4. The van der Waals surface area contributed by atoms with Crippen LogP contribution in [0, 0.1) is 12.7 Å². The van der Waals surface area contributed by atoms with Gasteiger partial charge in [0.1, 0.15) is 18.2 Å². The van der Waals surface area contributed by atoms with E-state index in [2.05, 4.69) is 36.8 Å². The molecule has 0 fully saturated rings. The molecule has 2 N–H and O–H groups in total. The summed E-state index contributed by atoms with van der Waals surface area (Å²) in [6.45, 7) is 2.11.